The molecule has 0 saturated heterocycles. The summed E-state index contributed by atoms with van der Waals surface area (Å²) < 4.78 is 18.5. The quantitative estimate of drug-likeness (QED) is 0.775. The molecule has 2 aromatic carbocycles. The first-order chi connectivity index (χ1) is 10.5. The number of amides is 1. The van der Waals surface area contributed by atoms with Crippen LogP contribution in [0.3, 0.4) is 0 Å². The lowest BCUT2D eigenvalue weighted by Gasteiger charge is -2.07. The number of nitrogens with one attached hydrogen (secondary N) is 1. The fourth-order valence-electron chi connectivity index (χ4n) is 2.08. The van der Waals surface area contributed by atoms with Crippen LogP contribution in [0.5, 0.6) is 0 Å². The van der Waals surface area contributed by atoms with Crippen molar-refractivity contribution >= 4 is 28.5 Å². The molecule has 3 aromatic rings. The predicted molar refractivity (Wildman–Crippen MR) is 77.5 cm³/mol. The van der Waals surface area contributed by atoms with Crippen LogP contribution < -0.4 is 5.32 Å². The van der Waals surface area contributed by atoms with E-state index in [9.17, 15) is 14.0 Å². The third-order valence-corrected chi connectivity index (χ3v) is 3.11. The van der Waals surface area contributed by atoms with Gasteiger partial charge in [0, 0.05) is 5.39 Å². The molecule has 0 aliphatic carbocycles. The van der Waals surface area contributed by atoms with E-state index in [-0.39, 0.29) is 17.0 Å². The number of carboxylic acids is 1. The minimum absolute atomic E-state index is 0.000596. The third kappa shape index (κ3) is 2.54. The predicted octanol–water partition coefficient (Wildman–Crippen LogP) is 3.52. The number of fused-ring (bicyclic) bond motifs is 1. The van der Waals surface area contributed by atoms with Gasteiger partial charge in [-0.05, 0) is 30.3 Å². The van der Waals surface area contributed by atoms with E-state index >= 15 is 0 Å². The average molecular weight is 299 g/mol. The number of halogens is 1. The molecule has 2 N–H and O–H groups in total. The Balaban J connectivity index is 1.92. The zero-order chi connectivity index (χ0) is 15.7. The molecule has 1 aromatic heterocycles. The van der Waals surface area contributed by atoms with E-state index in [1.54, 1.807) is 24.3 Å². The van der Waals surface area contributed by atoms with Gasteiger partial charge >= 0.3 is 5.97 Å². The molecule has 0 saturated carbocycles. The number of aromatic carboxylic acids is 1. The van der Waals surface area contributed by atoms with Crippen molar-refractivity contribution in [2.24, 2.45) is 0 Å². The molecule has 22 heavy (non-hydrogen) atoms. The van der Waals surface area contributed by atoms with Gasteiger partial charge in [0.1, 0.15) is 11.4 Å². The van der Waals surface area contributed by atoms with E-state index in [1.807, 2.05) is 6.07 Å². The molecule has 0 spiro atoms. The maximum atomic E-state index is 13.1. The van der Waals surface area contributed by atoms with Gasteiger partial charge in [0.05, 0.1) is 11.3 Å². The highest BCUT2D eigenvalue weighted by Gasteiger charge is 2.17. The van der Waals surface area contributed by atoms with Crippen molar-refractivity contribution in [2.45, 2.75) is 0 Å². The molecular weight excluding hydrogens is 289 g/mol. The molecule has 5 nitrogen and oxygen atoms in total. The molecule has 0 aliphatic rings. The van der Waals surface area contributed by atoms with Crippen LogP contribution in [0.25, 0.3) is 11.0 Å². The minimum Gasteiger partial charge on any atom is -0.478 e. The number of hydrogen-bond acceptors (Lipinski definition) is 3. The van der Waals surface area contributed by atoms with Crippen LogP contribution >= 0.6 is 0 Å². The molecule has 0 atom stereocenters. The van der Waals surface area contributed by atoms with Gasteiger partial charge in [0.15, 0.2) is 5.76 Å². The van der Waals surface area contributed by atoms with Crippen LogP contribution in [0.2, 0.25) is 0 Å². The van der Waals surface area contributed by atoms with E-state index in [0.29, 0.717) is 5.58 Å². The number of carboxylic acid groups (broad SMARTS) is 1. The zero-order valence-corrected chi connectivity index (χ0v) is 11.2. The number of hydrogen-bond donors (Lipinski definition) is 2. The maximum Gasteiger partial charge on any atom is 0.337 e. The van der Waals surface area contributed by atoms with Gasteiger partial charge in [-0.1, -0.05) is 18.2 Å². The van der Waals surface area contributed by atoms with E-state index in [0.717, 1.165) is 17.5 Å². The normalized spacial score (nSPS) is 10.6. The van der Waals surface area contributed by atoms with Crippen LogP contribution in [0.15, 0.2) is 52.9 Å². The first-order valence-corrected chi connectivity index (χ1v) is 6.37. The summed E-state index contributed by atoms with van der Waals surface area (Å²) in [6.07, 6.45) is 0. The van der Waals surface area contributed by atoms with Crippen molar-refractivity contribution in [3.05, 3.63) is 65.7 Å². The molecule has 0 unspecified atom stereocenters. The van der Waals surface area contributed by atoms with E-state index in [2.05, 4.69) is 5.32 Å². The fourth-order valence-corrected chi connectivity index (χ4v) is 2.08. The number of benzene rings is 2. The summed E-state index contributed by atoms with van der Waals surface area (Å²) in [6, 6.07) is 11.7. The molecule has 6 heteroatoms. The minimum atomic E-state index is -1.33. The van der Waals surface area contributed by atoms with Gasteiger partial charge in [-0.15, -0.1) is 0 Å². The summed E-state index contributed by atoms with van der Waals surface area (Å²) in [7, 11) is 0. The van der Waals surface area contributed by atoms with Gasteiger partial charge in [-0.25, -0.2) is 9.18 Å². The Labute approximate surface area is 124 Å². The van der Waals surface area contributed by atoms with E-state index in [4.69, 9.17) is 9.52 Å². The van der Waals surface area contributed by atoms with Crippen molar-refractivity contribution in [1.82, 2.24) is 0 Å². The summed E-state index contributed by atoms with van der Waals surface area (Å²) in [5, 5.41) is 12.2. The average Bonchev–Trinajstić information content (AvgIpc) is 2.93. The Morgan fingerprint density at radius 2 is 1.86 bits per heavy atom. The van der Waals surface area contributed by atoms with Crippen LogP contribution in [0.4, 0.5) is 10.1 Å². The Morgan fingerprint density at radius 3 is 2.59 bits per heavy atom. The highest BCUT2D eigenvalue weighted by Crippen LogP contribution is 2.22. The number of carbonyl (C=O) groups excluding carboxylic acids is 1. The molecule has 1 heterocycles. The summed E-state index contributed by atoms with van der Waals surface area (Å²) in [5.41, 5.74) is 0.217. The monoisotopic (exact) mass is 299 g/mol. The standard InChI is InChI=1S/C16H10FNO4/c17-10-5-6-12(11(8-10)16(20)21)18-15(19)14-7-9-3-1-2-4-13(9)22-14/h1-8H,(H,18,19)(H,20,21). The highest BCUT2D eigenvalue weighted by molar-refractivity contribution is 6.07. The Hall–Kier alpha value is -3.15. The van der Waals surface area contributed by atoms with Gasteiger partial charge < -0.3 is 14.8 Å². The largest absolute Gasteiger partial charge is 0.478 e. The molecule has 3 rings (SSSR count). The summed E-state index contributed by atoms with van der Waals surface area (Å²) in [5.74, 6) is -2.59. The highest BCUT2D eigenvalue weighted by atomic mass is 19.1. The van der Waals surface area contributed by atoms with Gasteiger partial charge in [0.2, 0.25) is 0 Å². The van der Waals surface area contributed by atoms with Crippen molar-refractivity contribution in [3.63, 3.8) is 0 Å². The lowest BCUT2D eigenvalue weighted by molar-refractivity contribution is 0.0697. The smallest absolute Gasteiger partial charge is 0.337 e. The number of para-hydroxylation sites is 1. The first-order valence-electron chi connectivity index (χ1n) is 6.37. The second-order valence-electron chi connectivity index (χ2n) is 4.60. The van der Waals surface area contributed by atoms with E-state index in [1.165, 1.54) is 6.07 Å². The van der Waals surface area contributed by atoms with Crippen molar-refractivity contribution in [2.75, 3.05) is 5.32 Å². The van der Waals surface area contributed by atoms with Crippen LogP contribution in [0, 0.1) is 5.82 Å². The van der Waals surface area contributed by atoms with E-state index < -0.39 is 17.7 Å². The lowest BCUT2D eigenvalue weighted by Crippen LogP contribution is -2.14. The number of anilines is 1. The number of carbonyl (C=O) groups is 2. The van der Waals surface area contributed by atoms with Crippen molar-refractivity contribution in [1.29, 1.82) is 0 Å². The number of rotatable bonds is 3. The third-order valence-electron chi connectivity index (χ3n) is 3.11. The summed E-state index contributed by atoms with van der Waals surface area (Å²) in [6.45, 7) is 0. The molecule has 1 amide bonds. The molecule has 0 bridgehead atoms. The van der Waals surface area contributed by atoms with Crippen molar-refractivity contribution in [3.8, 4) is 0 Å². The molecule has 110 valence electrons. The molecule has 0 aliphatic heterocycles. The zero-order valence-electron chi connectivity index (χ0n) is 11.2. The van der Waals surface area contributed by atoms with Crippen LogP contribution in [-0.4, -0.2) is 17.0 Å². The second-order valence-corrected chi connectivity index (χ2v) is 4.60. The van der Waals surface area contributed by atoms with Crippen LogP contribution in [-0.2, 0) is 0 Å². The summed E-state index contributed by atoms with van der Waals surface area (Å²) >= 11 is 0. The van der Waals surface area contributed by atoms with Crippen molar-refractivity contribution < 1.29 is 23.5 Å². The maximum absolute atomic E-state index is 13.1. The fraction of sp³-hybridized carbons (Fsp3) is 0. The molecular formula is C16H10FNO4. The summed E-state index contributed by atoms with van der Waals surface area (Å²) in [4.78, 5) is 23.2. The number of furan rings is 1. The second kappa shape index (κ2) is 5.33. The van der Waals surface area contributed by atoms with Crippen LogP contribution in [0.1, 0.15) is 20.9 Å². The Morgan fingerprint density at radius 1 is 1.09 bits per heavy atom. The molecule has 0 fully saturated rings. The van der Waals surface area contributed by atoms with Gasteiger partial charge in [-0.2, -0.15) is 0 Å². The van der Waals surface area contributed by atoms with Gasteiger partial charge in [-0.3, -0.25) is 4.79 Å². The first kappa shape index (κ1) is 13.8. The molecule has 0 radical (unpaired) electrons. The Bertz CT molecular complexity index is 852. The SMILES string of the molecule is O=C(Nc1ccc(F)cc1C(=O)O)c1cc2ccccc2o1. The van der Waals surface area contributed by atoms with Gasteiger partial charge in [0.25, 0.3) is 5.91 Å². The Kier molecular flexibility index (Phi) is 3.34. The topological polar surface area (TPSA) is 79.5 Å². The lowest BCUT2D eigenvalue weighted by atomic mass is 10.1.